The third-order valence-electron chi connectivity index (χ3n) is 3.35. The Balaban J connectivity index is 1.59. The molecule has 0 aliphatic carbocycles. The second-order valence-electron chi connectivity index (χ2n) is 5.16. The molecule has 2 N–H and O–H groups in total. The van der Waals surface area contributed by atoms with Gasteiger partial charge in [0.15, 0.2) is 0 Å². The van der Waals surface area contributed by atoms with Crippen LogP contribution in [0.2, 0.25) is 10.0 Å². The number of halogens is 2. The van der Waals surface area contributed by atoms with Crippen LogP contribution in [-0.2, 0) is 6.54 Å². The molecule has 1 aromatic heterocycles. The maximum absolute atomic E-state index is 12.2. The number of hydrogen-bond donors (Lipinski definition) is 2. The molecular formula is C17H11Cl2N5OS. The van der Waals surface area contributed by atoms with E-state index in [0.29, 0.717) is 38.0 Å². The summed E-state index contributed by atoms with van der Waals surface area (Å²) in [5.41, 5.74) is 1.87. The van der Waals surface area contributed by atoms with Gasteiger partial charge in [-0.1, -0.05) is 40.6 Å². The van der Waals surface area contributed by atoms with Crippen molar-refractivity contribution >= 4 is 50.7 Å². The predicted octanol–water partition coefficient (Wildman–Crippen LogP) is 4.58. The van der Waals surface area contributed by atoms with E-state index in [-0.39, 0.29) is 5.91 Å². The van der Waals surface area contributed by atoms with Crippen LogP contribution in [0.5, 0.6) is 0 Å². The van der Waals surface area contributed by atoms with E-state index in [1.165, 1.54) is 11.3 Å². The van der Waals surface area contributed by atoms with Gasteiger partial charge < -0.3 is 5.32 Å². The minimum atomic E-state index is -0.318. The van der Waals surface area contributed by atoms with E-state index in [1.807, 2.05) is 12.1 Å². The molecule has 26 heavy (non-hydrogen) atoms. The van der Waals surface area contributed by atoms with Crippen molar-refractivity contribution in [1.82, 2.24) is 10.2 Å². The van der Waals surface area contributed by atoms with Crippen molar-refractivity contribution in [1.29, 1.82) is 5.26 Å². The Morgan fingerprint density at radius 2 is 1.81 bits per heavy atom. The number of hydrogen-bond acceptors (Lipinski definition) is 6. The monoisotopic (exact) mass is 403 g/mol. The first-order chi connectivity index (χ1) is 12.5. The average Bonchev–Trinajstić information content (AvgIpc) is 3.10. The van der Waals surface area contributed by atoms with Gasteiger partial charge in [-0.2, -0.15) is 5.26 Å². The Morgan fingerprint density at radius 1 is 1.08 bits per heavy atom. The lowest BCUT2D eigenvalue weighted by Crippen LogP contribution is -2.11. The third kappa shape index (κ3) is 4.49. The summed E-state index contributed by atoms with van der Waals surface area (Å²) in [5.74, 6) is -0.318. The Morgan fingerprint density at radius 3 is 2.50 bits per heavy atom. The number of rotatable bonds is 5. The highest BCUT2D eigenvalue weighted by Gasteiger charge is 2.10. The quantitative estimate of drug-likeness (QED) is 0.650. The Kier molecular flexibility index (Phi) is 5.68. The zero-order valence-electron chi connectivity index (χ0n) is 13.2. The van der Waals surface area contributed by atoms with Gasteiger partial charge in [-0.3, -0.25) is 10.1 Å². The maximum Gasteiger partial charge on any atom is 0.257 e. The fraction of sp³-hybridized carbons (Fsp3) is 0.0588. The molecule has 0 aliphatic heterocycles. The fourth-order valence-electron chi connectivity index (χ4n) is 2.04. The predicted molar refractivity (Wildman–Crippen MR) is 103 cm³/mol. The van der Waals surface area contributed by atoms with Crippen molar-refractivity contribution in [2.45, 2.75) is 6.54 Å². The Labute approximate surface area is 163 Å². The Bertz CT molecular complexity index is 982. The summed E-state index contributed by atoms with van der Waals surface area (Å²) in [6, 6.07) is 13.7. The number of nitrogens with zero attached hydrogens (tertiary/aromatic N) is 3. The number of carbonyl (C=O) groups is 1. The lowest BCUT2D eigenvalue weighted by Gasteiger charge is -2.04. The summed E-state index contributed by atoms with van der Waals surface area (Å²) in [6.45, 7) is 0.495. The lowest BCUT2D eigenvalue weighted by molar-refractivity contribution is 0.102. The van der Waals surface area contributed by atoms with E-state index in [0.717, 1.165) is 5.56 Å². The zero-order valence-corrected chi connectivity index (χ0v) is 15.5. The lowest BCUT2D eigenvalue weighted by atomic mass is 10.1. The SMILES string of the molecule is N#Cc1ccc(C(=O)Nc2nnc(NCc3ccc(Cl)c(Cl)c3)s2)cc1. The Hall–Kier alpha value is -2.66. The van der Waals surface area contributed by atoms with Gasteiger partial charge in [0, 0.05) is 12.1 Å². The molecule has 0 fully saturated rings. The molecule has 2 aromatic carbocycles. The molecular weight excluding hydrogens is 393 g/mol. The highest BCUT2D eigenvalue weighted by molar-refractivity contribution is 7.19. The van der Waals surface area contributed by atoms with Crippen molar-refractivity contribution < 1.29 is 4.79 Å². The third-order valence-corrected chi connectivity index (χ3v) is 4.88. The van der Waals surface area contributed by atoms with Crippen LogP contribution >= 0.6 is 34.5 Å². The van der Waals surface area contributed by atoms with Crippen LogP contribution in [-0.4, -0.2) is 16.1 Å². The number of benzene rings is 2. The number of carbonyl (C=O) groups excluding carboxylic acids is 1. The van der Waals surface area contributed by atoms with Crippen molar-refractivity contribution in [3.8, 4) is 6.07 Å². The molecule has 0 atom stereocenters. The molecule has 1 amide bonds. The molecule has 1 heterocycles. The molecule has 6 nitrogen and oxygen atoms in total. The molecule has 0 aliphatic rings. The molecule has 3 aromatic rings. The topological polar surface area (TPSA) is 90.7 Å². The number of anilines is 2. The van der Waals surface area contributed by atoms with E-state index < -0.39 is 0 Å². The summed E-state index contributed by atoms with van der Waals surface area (Å²) < 4.78 is 0. The van der Waals surface area contributed by atoms with Gasteiger partial charge in [-0.05, 0) is 42.0 Å². The molecule has 130 valence electrons. The van der Waals surface area contributed by atoms with Crippen LogP contribution in [0.25, 0.3) is 0 Å². The van der Waals surface area contributed by atoms with Gasteiger partial charge in [-0.15, -0.1) is 10.2 Å². The first-order valence-corrected chi connectivity index (χ1v) is 8.95. The van der Waals surface area contributed by atoms with E-state index >= 15 is 0 Å². The second kappa shape index (κ2) is 8.15. The van der Waals surface area contributed by atoms with Crippen LogP contribution in [0.15, 0.2) is 42.5 Å². The summed E-state index contributed by atoms with van der Waals surface area (Å²) in [5, 5.41) is 24.4. The van der Waals surface area contributed by atoms with E-state index in [9.17, 15) is 4.79 Å². The van der Waals surface area contributed by atoms with Gasteiger partial charge in [0.1, 0.15) is 0 Å². The van der Waals surface area contributed by atoms with Crippen LogP contribution in [0, 0.1) is 11.3 Å². The standard InChI is InChI=1S/C17H11Cl2N5OS/c18-13-6-3-11(7-14(13)19)9-21-16-23-24-17(26-16)22-15(25)12-4-1-10(8-20)2-5-12/h1-7H,9H2,(H,21,23)(H,22,24,25). The van der Waals surface area contributed by atoms with E-state index in [4.69, 9.17) is 28.5 Å². The number of amides is 1. The van der Waals surface area contributed by atoms with Gasteiger partial charge in [0.25, 0.3) is 5.91 Å². The molecule has 0 bridgehead atoms. The number of nitrogens with one attached hydrogen (secondary N) is 2. The summed E-state index contributed by atoms with van der Waals surface area (Å²) >= 11 is 13.1. The minimum Gasteiger partial charge on any atom is -0.356 e. The largest absolute Gasteiger partial charge is 0.356 e. The summed E-state index contributed by atoms with van der Waals surface area (Å²) in [4.78, 5) is 12.2. The second-order valence-corrected chi connectivity index (χ2v) is 6.95. The molecule has 0 unspecified atom stereocenters. The molecule has 0 saturated carbocycles. The van der Waals surface area contributed by atoms with Crippen molar-refractivity contribution in [3.63, 3.8) is 0 Å². The molecule has 0 saturated heterocycles. The minimum absolute atomic E-state index is 0.318. The first-order valence-electron chi connectivity index (χ1n) is 7.38. The van der Waals surface area contributed by atoms with E-state index in [1.54, 1.807) is 36.4 Å². The van der Waals surface area contributed by atoms with Gasteiger partial charge in [0.05, 0.1) is 21.7 Å². The highest BCUT2D eigenvalue weighted by atomic mass is 35.5. The van der Waals surface area contributed by atoms with E-state index in [2.05, 4.69) is 20.8 Å². The summed E-state index contributed by atoms with van der Waals surface area (Å²) in [7, 11) is 0. The van der Waals surface area contributed by atoms with Crippen molar-refractivity contribution in [2.75, 3.05) is 10.6 Å². The smallest absolute Gasteiger partial charge is 0.257 e. The van der Waals surface area contributed by atoms with Crippen molar-refractivity contribution in [2.24, 2.45) is 0 Å². The molecule has 0 spiro atoms. The highest BCUT2D eigenvalue weighted by Crippen LogP contribution is 2.24. The molecule has 0 radical (unpaired) electrons. The first kappa shape index (κ1) is 18.1. The normalized spacial score (nSPS) is 10.2. The van der Waals surface area contributed by atoms with Gasteiger partial charge in [-0.25, -0.2) is 0 Å². The van der Waals surface area contributed by atoms with Gasteiger partial charge in [0.2, 0.25) is 10.3 Å². The molecule has 3 rings (SSSR count). The number of aromatic nitrogens is 2. The average molecular weight is 404 g/mol. The number of nitriles is 1. The van der Waals surface area contributed by atoms with Gasteiger partial charge >= 0.3 is 0 Å². The summed E-state index contributed by atoms with van der Waals surface area (Å²) in [6.07, 6.45) is 0. The van der Waals surface area contributed by atoms with Crippen molar-refractivity contribution in [3.05, 3.63) is 69.2 Å². The van der Waals surface area contributed by atoms with Crippen LogP contribution < -0.4 is 10.6 Å². The fourth-order valence-corrected chi connectivity index (χ4v) is 2.99. The molecule has 9 heteroatoms. The van der Waals surface area contributed by atoms with Crippen LogP contribution in [0.3, 0.4) is 0 Å². The van der Waals surface area contributed by atoms with Crippen LogP contribution in [0.4, 0.5) is 10.3 Å². The van der Waals surface area contributed by atoms with Crippen LogP contribution in [0.1, 0.15) is 21.5 Å². The maximum atomic E-state index is 12.2. The zero-order chi connectivity index (χ0) is 18.5.